The molecule has 1 unspecified atom stereocenters. The van der Waals surface area contributed by atoms with Crippen molar-refractivity contribution in [3.05, 3.63) is 39.6 Å². The molecule has 0 aliphatic carbocycles. The first kappa shape index (κ1) is 18.8. The number of rotatable bonds is 5. The minimum absolute atomic E-state index is 0.00919. The van der Waals surface area contributed by atoms with Gasteiger partial charge in [0.25, 0.3) is 0 Å². The molecule has 0 radical (unpaired) electrons. The van der Waals surface area contributed by atoms with Crippen molar-refractivity contribution < 1.29 is 28.4 Å². The Bertz CT molecular complexity index is 660. The van der Waals surface area contributed by atoms with E-state index < -0.39 is 17.8 Å². The number of quaternary nitrogens is 1. The van der Waals surface area contributed by atoms with E-state index in [4.69, 9.17) is 21.1 Å². The molecule has 0 aromatic heterocycles. The number of carbonyl (C=O) groups excluding carboxylic acids is 2. The topological polar surface area (TPSA) is 57.0 Å². The lowest BCUT2D eigenvalue weighted by Crippen LogP contribution is -3.03. The van der Waals surface area contributed by atoms with Gasteiger partial charge in [-0.25, -0.2) is 14.0 Å². The Morgan fingerprint density at radius 2 is 1.88 bits per heavy atom. The molecule has 0 bridgehead atoms. The zero-order chi connectivity index (χ0) is 17.7. The monoisotopic (exact) mass is 374 g/mol. The maximum absolute atomic E-state index is 13.4. The second-order valence-electron chi connectivity index (χ2n) is 4.85. The first-order valence-corrected chi connectivity index (χ1v) is 8.88. The third kappa shape index (κ3) is 4.09. The van der Waals surface area contributed by atoms with Gasteiger partial charge >= 0.3 is 11.9 Å². The van der Waals surface area contributed by atoms with Crippen LogP contribution in [0.1, 0.15) is 13.8 Å². The van der Waals surface area contributed by atoms with Gasteiger partial charge in [0.1, 0.15) is 11.5 Å². The van der Waals surface area contributed by atoms with E-state index in [-0.39, 0.29) is 23.8 Å². The van der Waals surface area contributed by atoms with Gasteiger partial charge in [-0.1, -0.05) is 23.4 Å². The van der Waals surface area contributed by atoms with E-state index in [0.717, 1.165) is 4.90 Å². The number of carbonyl (C=O) groups is 2. The molecule has 0 spiro atoms. The third-order valence-corrected chi connectivity index (χ3v) is 4.76. The standard InChI is InChI=1S/C16H17ClFNO4S/c1-3-22-15(20)13(16(21)23-4-2)14-19(7-8-24-14)10-5-6-12(18)11(17)9-10/h5-6,9H,3-4,7-8H2,1-2H3/p+1. The Balaban J connectivity index is 2.47. The van der Waals surface area contributed by atoms with Crippen molar-refractivity contribution in [2.45, 2.75) is 13.8 Å². The van der Waals surface area contributed by atoms with Crippen LogP contribution in [0, 0.1) is 5.82 Å². The van der Waals surface area contributed by atoms with Crippen molar-refractivity contribution in [1.82, 2.24) is 0 Å². The summed E-state index contributed by atoms with van der Waals surface area (Å²) in [6.45, 7) is 4.26. The normalized spacial score (nSPS) is 16.8. The van der Waals surface area contributed by atoms with Crippen LogP contribution in [0.5, 0.6) is 0 Å². The highest BCUT2D eigenvalue weighted by atomic mass is 35.5. The summed E-state index contributed by atoms with van der Waals surface area (Å²) in [4.78, 5) is 25.3. The van der Waals surface area contributed by atoms with Gasteiger partial charge in [-0.3, -0.25) is 4.90 Å². The third-order valence-electron chi connectivity index (χ3n) is 3.33. The number of esters is 2. The highest BCUT2D eigenvalue weighted by Crippen LogP contribution is 2.25. The molecule has 1 N–H and O–H groups in total. The van der Waals surface area contributed by atoms with Gasteiger partial charge < -0.3 is 9.47 Å². The van der Waals surface area contributed by atoms with Gasteiger partial charge in [0, 0.05) is 12.1 Å². The van der Waals surface area contributed by atoms with Crippen LogP contribution in [0.25, 0.3) is 0 Å². The smallest absolute Gasteiger partial charge is 0.352 e. The molecular weight excluding hydrogens is 357 g/mol. The lowest BCUT2D eigenvalue weighted by molar-refractivity contribution is -0.773. The number of benzene rings is 1. The lowest BCUT2D eigenvalue weighted by atomic mass is 10.2. The molecule has 0 amide bonds. The van der Waals surface area contributed by atoms with Crippen molar-refractivity contribution >= 4 is 41.0 Å². The van der Waals surface area contributed by atoms with Crippen LogP contribution in [-0.4, -0.2) is 37.4 Å². The van der Waals surface area contributed by atoms with Crippen LogP contribution in [0.4, 0.5) is 10.1 Å². The Hall–Kier alpha value is -1.57. The number of hydrogen-bond acceptors (Lipinski definition) is 5. The van der Waals surface area contributed by atoms with E-state index >= 15 is 0 Å². The fraction of sp³-hybridized carbons (Fsp3) is 0.375. The Morgan fingerprint density at radius 1 is 1.25 bits per heavy atom. The molecule has 1 aliphatic rings. The highest BCUT2D eigenvalue weighted by Gasteiger charge is 2.37. The molecule has 1 atom stereocenters. The first-order chi connectivity index (χ1) is 11.5. The highest BCUT2D eigenvalue weighted by molar-refractivity contribution is 8.03. The van der Waals surface area contributed by atoms with E-state index in [9.17, 15) is 14.0 Å². The molecule has 1 saturated heterocycles. The fourth-order valence-electron chi connectivity index (χ4n) is 2.31. The average molecular weight is 375 g/mol. The van der Waals surface area contributed by atoms with Gasteiger partial charge in [-0.05, 0) is 19.9 Å². The molecule has 5 nitrogen and oxygen atoms in total. The first-order valence-electron chi connectivity index (χ1n) is 7.52. The second kappa shape index (κ2) is 8.50. The maximum atomic E-state index is 13.4. The molecular formula is C16H18ClFNO4S+. The zero-order valence-corrected chi connectivity index (χ0v) is 14.9. The van der Waals surface area contributed by atoms with Crippen molar-refractivity contribution in [3.63, 3.8) is 0 Å². The summed E-state index contributed by atoms with van der Waals surface area (Å²) < 4.78 is 23.4. The summed E-state index contributed by atoms with van der Waals surface area (Å²) in [6, 6.07) is 4.34. The summed E-state index contributed by atoms with van der Waals surface area (Å²) in [6.07, 6.45) is 0. The Morgan fingerprint density at radius 3 is 2.42 bits per heavy atom. The molecule has 1 fully saturated rings. The molecule has 1 heterocycles. The lowest BCUT2D eigenvalue weighted by Gasteiger charge is -2.15. The number of hydrogen-bond donors (Lipinski definition) is 1. The summed E-state index contributed by atoms with van der Waals surface area (Å²) in [5.74, 6) is -1.26. The van der Waals surface area contributed by atoms with Crippen LogP contribution in [0.15, 0.2) is 28.8 Å². The van der Waals surface area contributed by atoms with E-state index in [1.807, 2.05) is 0 Å². The molecule has 2 rings (SSSR count). The Labute approximate surface area is 148 Å². The average Bonchev–Trinajstić information content (AvgIpc) is 3.00. The van der Waals surface area contributed by atoms with E-state index in [1.165, 1.54) is 23.9 Å². The van der Waals surface area contributed by atoms with Crippen LogP contribution in [0.2, 0.25) is 5.02 Å². The molecule has 0 saturated carbocycles. The Kier molecular flexibility index (Phi) is 6.65. The predicted molar refractivity (Wildman–Crippen MR) is 89.6 cm³/mol. The molecule has 8 heteroatoms. The van der Waals surface area contributed by atoms with E-state index in [2.05, 4.69) is 0 Å². The minimum atomic E-state index is -0.717. The number of thioether (sulfide) groups is 1. The van der Waals surface area contributed by atoms with Crippen molar-refractivity contribution in [2.75, 3.05) is 25.5 Å². The largest absolute Gasteiger partial charge is 0.462 e. The van der Waals surface area contributed by atoms with E-state index in [1.54, 1.807) is 19.9 Å². The van der Waals surface area contributed by atoms with Gasteiger partial charge in [0.15, 0.2) is 5.03 Å². The predicted octanol–water partition coefficient (Wildman–Crippen LogP) is 2.08. The second-order valence-corrected chi connectivity index (χ2v) is 6.36. The number of nitrogens with one attached hydrogen (secondary N) is 1. The van der Waals surface area contributed by atoms with E-state index in [0.29, 0.717) is 23.0 Å². The summed E-state index contributed by atoms with van der Waals surface area (Å²) in [7, 11) is 0. The molecule has 24 heavy (non-hydrogen) atoms. The van der Waals surface area contributed by atoms with Gasteiger partial charge in [0.2, 0.25) is 5.57 Å². The quantitative estimate of drug-likeness (QED) is 0.370. The van der Waals surface area contributed by atoms with Crippen LogP contribution >= 0.6 is 23.4 Å². The van der Waals surface area contributed by atoms with Crippen molar-refractivity contribution in [2.24, 2.45) is 0 Å². The summed E-state index contributed by atoms with van der Waals surface area (Å²) in [5, 5.41) is 0.500. The number of halogens is 2. The molecule has 130 valence electrons. The molecule has 1 aromatic rings. The van der Waals surface area contributed by atoms with Gasteiger partial charge in [-0.15, -0.1) is 0 Å². The zero-order valence-electron chi connectivity index (χ0n) is 13.4. The molecule has 1 aliphatic heterocycles. The summed E-state index contributed by atoms with van der Waals surface area (Å²) >= 11 is 7.23. The van der Waals surface area contributed by atoms with Gasteiger partial charge in [-0.2, -0.15) is 0 Å². The van der Waals surface area contributed by atoms with Gasteiger partial charge in [0.05, 0.1) is 30.5 Å². The SMILES string of the molecule is CCOC(=O)C(C(=O)OCC)=C1SCC[NH+]1c1ccc(F)c(Cl)c1. The maximum Gasteiger partial charge on any atom is 0.352 e. The molecule has 1 aromatic carbocycles. The van der Waals surface area contributed by atoms with Crippen LogP contribution < -0.4 is 4.90 Å². The van der Waals surface area contributed by atoms with Crippen molar-refractivity contribution in [3.8, 4) is 0 Å². The summed E-state index contributed by atoms with van der Waals surface area (Å²) in [5.41, 5.74) is 0.559. The number of ether oxygens (including phenoxy) is 2. The van der Waals surface area contributed by atoms with Crippen molar-refractivity contribution in [1.29, 1.82) is 0 Å². The van der Waals surface area contributed by atoms with Crippen LogP contribution in [-0.2, 0) is 19.1 Å². The fourth-order valence-corrected chi connectivity index (χ4v) is 3.71. The minimum Gasteiger partial charge on any atom is -0.462 e. The van der Waals surface area contributed by atoms with Crippen LogP contribution in [0.3, 0.4) is 0 Å².